The van der Waals surface area contributed by atoms with Crippen LogP contribution < -0.4 is 0 Å². The standard InChI is InChI=1S/C4H10.4C2H4O2/c1-3-4-2;4*1-2(3)4/h3-4H2,1-2H3;4*1H3,(H,3,4). The molecule has 0 aromatic heterocycles. The lowest BCUT2D eigenvalue weighted by atomic mass is 10.4. The van der Waals surface area contributed by atoms with Crippen LogP contribution in [0.25, 0.3) is 0 Å². The minimum atomic E-state index is -0.833. The quantitative estimate of drug-likeness (QED) is 0.575. The van der Waals surface area contributed by atoms with E-state index < -0.39 is 23.9 Å². The third kappa shape index (κ3) is 2800. The summed E-state index contributed by atoms with van der Waals surface area (Å²) in [4.78, 5) is 36.0. The number of aliphatic carboxylic acids is 4. The highest BCUT2D eigenvalue weighted by Crippen LogP contribution is 1.76. The summed E-state index contributed by atoms with van der Waals surface area (Å²) >= 11 is 0. The molecule has 0 aliphatic carbocycles. The van der Waals surface area contributed by atoms with Crippen molar-refractivity contribution in [3.63, 3.8) is 0 Å². The molecule has 0 aromatic carbocycles. The lowest BCUT2D eigenvalue weighted by Gasteiger charge is -1.68. The van der Waals surface area contributed by atoms with E-state index in [1.807, 2.05) is 0 Å². The van der Waals surface area contributed by atoms with Gasteiger partial charge in [-0.3, -0.25) is 19.2 Å². The third-order valence-electron chi connectivity index (χ3n) is 0.500. The summed E-state index contributed by atoms with van der Waals surface area (Å²) < 4.78 is 0. The number of unbranched alkanes of at least 4 members (excludes halogenated alkanes) is 1. The van der Waals surface area contributed by atoms with Crippen LogP contribution in [-0.2, 0) is 19.2 Å². The summed E-state index contributed by atoms with van der Waals surface area (Å²) in [5.74, 6) is -3.33. The van der Waals surface area contributed by atoms with Gasteiger partial charge < -0.3 is 20.4 Å². The summed E-state index contributed by atoms with van der Waals surface area (Å²) in [5, 5.41) is 29.7. The molecular formula is C12H26O8. The first-order valence-electron chi connectivity index (χ1n) is 5.63. The van der Waals surface area contributed by atoms with Crippen LogP contribution in [0.1, 0.15) is 54.4 Å². The van der Waals surface area contributed by atoms with Gasteiger partial charge in [-0.2, -0.15) is 0 Å². The second kappa shape index (κ2) is 30.2. The fourth-order valence-electron chi connectivity index (χ4n) is 0. The number of hydrogen-bond donors (Lipinski definition) is 4. The van der Waals surface area contributed by atoms with Crippen molar-refractivity contribution >= 4 is 23.9 Å². The Morgan fingerprint density at radius 3 is 0.600 bits per heavy atom. The van der Waals surface area contributed by atoms with Gasteiger partial charge in [-0.1, -0.05) is 26.7 Å². The molecule has 8 nitrogen and oxygen atoms in total. The maximum Gasteiger partial charge on any atom is 0.300 e. The van der Waals surface area contributed by atoms with Gasteiger partial charge in [-0.05, 0) is 0 Å². The predicted octanol–water partition coefficient (Wildman–Crippen LogP) is 2.17. The SMILES string of the molecule is CC(=O)O.CC(=O)O.CC(=O)O.CC(=O)O.CCCC. The van der Waals surface area contributed by atoms with Gasteiger partial charge in [0.05, 0.1) is 0 Å². The Labute approximate surface area is 119 Å². The van der Waals surface area contributed by atoms with E-state index in [4.69, 9.17) is 39.6 Å². The van der Waals surface area contributed by atoms with Crippen LogP contribution in [0.15, 0.2) is 0 Å². The number of carboxylic acid groups (broad SMARTS) is 4. The first-order valence-corrected chi connectivity index (χ1v) is 5.63. The zero-order valence-electron chi connectivity index (χ0n) is 12.8. The van der Waals surface area contributed by atoms with Crippen LogP contribution in [0.4, 0.5) is 0 Å². The van der Waals surface area contributed by atoms with Gasteiger partial charge in [0, 0.05) is 27.7 Å². The summed E-state index contributed by atoms with van der Waals surface area (Å²) in [7, 11) is 0. The van der Waals surface area contributed by atoms with Crippen LogP contribution in [0.5, 0.6) is 0 Å². The number of carbonyl (C=O) groups is 4. The Kier molecular flexibility index (Phi) is 46.3. The van der Waals surface area contributed by atoms with E-state index in [1.165, 1.54) is 12.8 Å². The third-order valence-corrected chi connectivity index (χ3v) is 0.500. The van der Waals surface area contributed by atoms with E-state index in [2.05, 4.69) is 13.8 Å². The largest absolute Gasteiger partial charge is 0.481 e. The minimum absolute atomic E-state index is 0.833. The molecule has 0 bridgehead atoms. The molecule has 0 aliphatic heterocycles. The Bertz CT molecular complexity index is 182. The first-order chi connectivity index (χ1) is 8.84. The molecular weight excluding hydrogens is 272 g/mol. The van der Waals surface area contributed by atoms with Crippen molar-refractivity contribution in [2.24, 2.45) is 0 Å². The molecule has 0 atom stereocenters. The first kappa shape index (κ1) is 30.7. The van der Waals surface area contributed by atoms with Crippen LogP contribution in [-0.4, -0.2) is 44.3 Å². The molecule has 0 radical (unpaired) electrons. The second-order valence-corrected chi connectivity index (χ2v) is 3.08. The second-order valence-electron chi connectivity index (χ2n) is 3.08. The van der Waals surface area contributed by atoms with Gasteiger partial charge in [0.15, 0.2) is 0 Å². The predicted molar refractivity (Wildman–Crippen MR) is 73.8 cm³/mol. The van der Waals surface area contributed by atoms with Gasteiger partial charge in [-0.15, -0.1) is 0 Å². The van der Waals surface area contributed by atoms with E-state index in [-0.39, 0.29) is 0 Å². The van der Waals surface area contributed by atoms with Gasteiger partial charge in [0.2, 0.25) is 0 Å². The zero-order chi connectivity index (χ0) is 17.7. The van der Waals surface area contributed by atoms with Crippen LogP contribution >= 0.6 is 0 Å². The highest BCUT2D eigenvalue weighted by molar-refractivity contribution is 5.63. The van der Waals surface area contributed by atoms with Crippen molar-refractivity contribution in [3.05, 3.63) is 0 Å². The molecule has 0 rings (SSSR count). The molecule has 0 saturated heterocycles. The summed E-state index contributed by atoms with van der Waals surface area (Å²) in [6.45, 7) is 8.69. The molecule has 0 saturated carbocycles. The fourth-order valence-corrected chi connectivity index (χ4v) is 0. The lowest BCUT2D eigenvalue weighted by Crippen LogP contribution is -1.78. The van der Waals surface area contributed by atoms with Crippen molar-refractivity contribution < 1.29 is 39.6 Å². The molecule has 4 N–H and O–H groups in total. The van der Waals surface area contributed by atoms with Gasteiger partial charge in [-0.25, -0.2) is 0 Å². The smallest absolute Gasteiger partial charge is 0.300 e. The molecule has 0 aromatic rings. The lowest BCUT2D eigenvalue weighted by molar-refractivity contribution is -0.135. The van der Waals surface area contributed by atoms with E-state index in [9.17, 15) is 0 Å². The molecule has 0 heterocycles. The molecule has 0 aliphatic rings. The average molecular weight is 298 g/mol. The monoisotopic (exact) mass is 298 g/mol. The Balaban J connectivity index is -0.0000000469. The van der Waals surface area contributed by atoms with Crippen LogP contribution in [0, 0.1) is 0 Å². The van der Waals surface area contributed by atoms with Crippen molar-refractivity contribution in [2.45, 2.75) is 54.4 Å². The van der Waals surface area contributed by atoms with Gasteiger partial charge in [0.25, 0.3) is 23.9 Å². The number of carboxylic acids is 4. The molecule has 20 heavy (non-hydrogen) atoms. The van der Waals surface area contributed by atoms with Crippen LogP contribution in [0.2, 0.25) is 0 Å². The Hall–Kier alpha value is -2.12. The van der Waals surface area contributed by atoms with Crippen LogP contribution in [0.3, 0.4) is 0 Å². The highest BCUT2D eigenvalue weighted by Gasteiger charge is 1.66. The highest BCUT2D eigenvalue weighted by atomic mass is 16.4. The molecule has 0 unspecified atom stereocenters. The topological polar surface area (TPSA) is 149 Å². The fraction of sp³-hybridized carbons (Fsp3) is 0.667. The Morgan fingerprint density at radius 1 is 0.550 bits per heavy atom. The summed E-state index contributed by atoms with van der Waals surface area (Å²) in [5.41, 5.74) is 0. The van der Waals surface area contributed by atoms with E-state index in [1.54, 1.807) is 0 Å². The van der Waals surface area contributed by atoms with E-state index in [0.717, 1.165) is 27.7 Å². The number of hydrogen-bond acceptors (Lipinski definition) is 4. The van der Waals surface area contributed by atoms with Crippen molar-refractivity contribution in [1.82, 2.24) is 0 Å². The molecule has 0 fully saturated rings. The summed E-state index contributed by atoms with van der Waals surface area (Å²) in [6, 6.07) is 0. The van der Waals surface area contributed by atoms with Gasteiger partial charge >= 0.3 is 0 Å². The maximum absolute atomic E-state index is 9.00. The zero-order valence-corrected chi connectivity index (χ0v) is 12.8. The molecule has 0 amide bonds. The van der Waals surface area contributed by atoms with E-state index in [0.29, 0.717) is 0 Å². The Morgan fingerprint density at radius 2 is 0.600 bits per heavy atom. The molecule has 0 spiro atoms. The van der Waals surface area contributed by atoms with E-state index >= 15 is 0 Å². The van der Waals surface area contributed by atoms with Crippen molar-refractivity contribution in [2.75, 3.05) is 0 Å². The van der Waals surface area contributed by atoms with Gasteiger partial charge in [0.1, 0.15) is 0 Å². The van der Waals surface area contributed by atoms with Crippen molar-refractivity contribution in [1.29, 1.82) is 0 Å². The molecule has 8 heteroatoms. The average Bonchev–Trinajstić information content (AvgIpc) is 2.13. The number of rotatable bonds is 1. The summed E-state index contributed by atoms with van der Waals surface area (Å²) in [6.07, 6.45) is 2.64. The maximum atomic E-state index is 9.00. The van der Waals surface area contributed by atoms with Crippen molar-refractivity contribution in [3.8, 4) is 0 Å². The normalized spacial score (nSPS) is 6.50. The minimum Gasteiger partial charge on any atom is -0.481 e. The molecule has 122 valence electrons.